The zero-order valence-corrected chi connectivity index (χ0v) is 45.3. The number of nitrogens with zero attached hydrogens (tertiary/aromatic N) is 1. The van der Waals surface area contributed by atoms with E-state index in [1.54, 1.807) is 0 Å². The number of ether oxygens (including phenoxy) is 2. The van der Waals surface area contributed by atoms with Crippen LogP contribution in [0.25, 0.3) is 0 Å². The van der Waals surface area contributed by atoms with Crippen LogP contribution < -0.4 is 4.89 Å². The van der Waals surface area contributed by atoms with Crippen LogP contribution >= 0.6 is 7.82 Å². The summed E-state index contributed by atoms with van der Waals surface area (Å²) in [5, 5.41) is 0. The second-order valence-corrected chi connectivity index (χ2v) is 19.9. The lowest BCUT2D eigenvalue weighted by molar-refractivity contribution is -0.870. The third-order valence-corrected chi connectivity index (χ3v) is 11.7. The number of esters is 1. The van der Waals surface area contributed by atoms with Crippen LogP contribution in [0.2, 0.25) is 0 Å². The molecule has 0 N–H and O–H groups in total. The average Bonchev–Trinajstić information content (AvgIpc) is 3.31. The van der Waals surface area contributed by atoms with Crippen LogP contribution in [0.15, 0.2) is 134 Å². The van der Waals surface area contributed by atoms with Crippen molar-refractivity contribution in [2.45, 2.75) is 187 Å². The van der Waals surface area contributed by atoms with E-state index in [1.165, 1.54) is 38.5 Å². The SMILES string of the molecule is CC/C=C\C/C=C\C/C=C\C/C=C\C/C=C\C/C=C\C/C=C\CCCCCC(=O)OC(COCCCCCCCCCCC/C=C\C/C=C\C/C=C\C/C=C\CC)COP(=O)([O-])OCC[N+](C)(C)C. The Labute approximate surface area is 424 Å². The van der Waals surface area contributed by atoms with Gasteiger partial charge in [-0.25, -0.2) is 0 Å². The number of carbonyl (C=O) groups is 1. The van der Waals surface area contributed by atoms with E-state index in [9.17, 15) is 14.3 Å². The quantitative estimate of drug-likeness (QED) is 0.0197. The number of rotatable bonds is 48. The van der Waals surface area contributed by atoms with Gasteiger partial charge in [0.15, 0.2) is 0 Å². The monoisotopic (exact) mass is 978 g/mol. The first-order valence-corrected chi connectivity index (χ1v) is 28.4. The molecular weight excluding hydrogens is 878 g/mol. The first-order valence-electron chi connectivity index (χ1n) is 26.9. The highest BCUT2D eigenvalue weighted by Crippen LogP contribution is 2.38. The van der Waals surface area contributed by atoms with E-state index in [0.29, 0.717) is 24.1 Å². The molecule has 0 aromatic rings. The van der Waals surface area contributed by atoms with Gasteiger partial charge in [0, 0.05) is 13.0 Å². The molecule has 0 fully saturated rings. The number of phosphoric acid groups is 1. The maximum Gasteiger partial charge on any atom is 0.306 e. The predicted molar refractivity (Wildman–Crippen MR) is 295 cm³/mol. The van der Waals surface area contributed by atoms with E-state index in [1.807, 2.05) is 21.1 Å². The maximum absolute atomic E-state index is 12.8. The Balaban J connectivity index is 4.26. The van der Waals surface area contributed by atoms with Gasteiger partial charge in [0.05, 0.1) is 34.4 Å². The molecule has 0 saturated heterocycles. The summed E-state index contributed by atoms with van der Waals surface area (Å²) >= 11 is 0. The summed E-state index contributed by atoms with van der Waals surface area (Å²) in [6.07, 6.45) is 74.8. The van der Waals surface area contributed by atoms with Crippen molar-refractivity contribution in [2.75, 3.05) is 54.1 Å². The minimum Gasteiger partial charge on any atom is -0.756 e. The molecule has 0 aliphatic heterocycles. The number of allylic oxidation sites excluding steroid dienone is 22. The van der Waals surface area contributed by atoms with Gasteiger partial charge in [-0.2, -0.15) is 0 Å². The van der Waals surface area contributed by atoms with E-state index < -0.39 is 13.9 Å². The topological polar surface area (TPSA) is 94.1 Å². The number of unbranched alkanes of at least 4 members (excludes halogenated alkanes) is 12. The van der Waals surface area contributed by atoms with Crippen LogP contribution in [0, 0.1) is 0 Å². The fourth-order valence-corrected chi connectivity index (χ4v) is 7.36. The molecule has 2 atom stereocenters. The van der Waals surface area contributed by atoms with Gasteiger partial charge in [-0.05, 0) is 109 Å². The van der Waals surface area contributed by atoms with E-state index in [4.69, 9.17) is 18.5 Å². The van der Waals surface area contributed by atoms with Crippen LogP contribution in [0.4, 0.5) is 0 Å². The molecule has 0 aromatic heterocycles. The maximum atomic E-state index is 12.8. The third-order valence-electron chi connectivity index (χ3n) is 10.7. The first-order chi connectivity index (χ1) is 33.6. The summed E-state index contributed by atoms with van der Waals surface area (Å²) in [7, 11) is 1.31. The largest absolute Gasteiger partial charge is 0.756 e. The Hall–Kier alpha value is -3.36. The Bertz CT molecular complexity index is 1560. The molecule has 2 unspecified atom stereocenters. The van der Waals surface area contributed by atoms with Crippen molar-refractivity contribution in [1.82, 2.24) is 0 Å². The standard InChI is InChI=1S/C60H100NO7P/c1-6-8-10-12-14-16-18-20-22-24-26-28-30-31-32-33-35-37-39-41-43-45-47-49-51-53-60(62)68-59(58-67-69(63,64)66-56-54-61(3,4)5)57-65-55-52-50-48-46-44-42-40-38-36-34-29-27-25-23-21-19-17-15-13-11-9-7-2/h8-11,14-17,20-23,26-29,31-32,35,37,41,43,59H,6-7,12-13,18-19,24-25,30,33-34,36,38-40,42,44-58H2,1-5H3/b10-8-,11-9-,16-14-,17-15-,22-20-,23-21-,28-26-,29-27-,32-31-,37-35-,43-41-. The van der Waals surface area contributed by atoms with Gasteiger partial charge >= 0.3 is 5.97 Å². The third kappa shape index (κ3) is 55.4. The van der Waals surface area contributed by atoms with Crippen molar-refractivity contribution in [2.24, 2.45) is 0 Å². The highest BCUT2D eigenvalue weighted by Gasteiger charge is 2.20. The van der Waals surface area contributed by atoms with E-state index >= 15 is 0 Å². The lowest BCUT2D eigenvalue weighted by Gasteiger charge is -2.28. The molecule has 9 heteroatoms. The molecule has 69 heavy (non-hydrogen) atoms. The van der Waals surface area contributed by atoms with Gasteiger partial charge in [-0.15, -0.1) is 0 Å². The fraction of sp³-hybridized carbons (Fsp3) is 0.617. The summed E-state index contributed by atoms with van der Waals surface area (Å²) < 4.78 is 34.7. The second-order valence-electron chi connectivity index (χ2n) is 18.5. The minimum atomic E-state index is -4.56. The molecule has 0 amide bonds. The van der Waals surface area contributed by atoms with E-state index in [2.05, 4.69) is 148 Å². The van der Waals surface area contributed by atoms with Gasteiger partial charge in [0.25, 0.3) is 7.82 Å². The number of likely N-dealkylation sites (N-methyl/N-ethyl adjacent to an activating group) is 1. The van der Waals surface area contributed by atoms with Gasteiger partial charge in [-0.1, -0.05) is 199 Å². The number of carbonyl (C=O) groups excluding carboxylic acids is 1. The predicted octanol–water partition coefficient (Wildman–Crippen LogP) is 16.4. The number of hydrogen-bond donors (Lipinski definition) is 0. The lowest BCUT2D eigenvalue weighted by atomic mass is 10.1. The van der Waals surface area contributed by atoms with E-state index in [-0.39, 0.29) is 32.2 Å². The molecule has 0 bridgehead atoms. The summed E-state index contributed by atoms with van der Waals surface area (Å²) in [5.41, 5.74) is 0. The second kappa shape index (κ2) is 51.0. The molecule has 8 nitrogen and oxygen atoms in total. The molecule has 0 aliphatic carbocycles. The van der Waals surface area contributed by atoms with Crippen LogP contribution in [0.3, 0.4) is 0 Å². The summed E-state index contributed by atoms with van der Waals surface area (Å²) in [5.74, 6) is -0.373. The highest BCUT2D eigenvalue weighted by molar-refractivity contribution is 7.45. The Kier molecular flexibility index (Phi) is 48.5. The number of hydrogen-bond acceptors (Lipinski definition) is 7. The van der Waals surface area contributed by atoms with Crippen molar-refractivity contribution in [1.29, 1.82) is 0 Å². The van der Waals surface area contributed by atoms with Gasteiger partial charge in [-0.3, -0.25) is 9.36 Å². The number of phosphoric ester groups is 1. The van der Waals surface area contributed by atoms with Crippen LogP contribution in [-0.2, 0) is 27.9 Å². The average molecular weight is 978 g/mol. The van der Waals surface area contributed by atoms with Crippen molar-refractivity contribution in [3.8, 4) is 0 Å². The van der Waals surface area contributed by atoms with Crippen molar-refractivity contribution < 1.29 is 37.3 Å². The fourth-order valence-electron chi connectivity index (χ4n) is 6.63. The van der Waals surface area contributed by atoms with Crippen molar-refractivity contribution in [3.05, 3.63) is 134 Å². The lowest BCUT2D eigenvalue weighted by Crippen LogP contribution is -2.37. The van der Waals surface area contributed by atoms with Gasteiger partial charge in [0.2, 0.25) is 0 Å². The molecule has 0 aliphatic rings. The van der Waals surface area contributed by atoms with Crippen LogP contribution in [-0.4, -0.2) is 70.7 Å². The molecule has 0 spiro atoms. The van der Waals surface area contributed by atoms with E-state index in [0.717, 1.165) is 116 Å². The molecule has 392 valence electrons. The smallest absolute Gasteiger partial charge is 0.306 e. The molecule has 0 saturated carbocycles. The summed E-state index contributed by atoms with van der Waals surface area (Å²) in [6.45, 7) is 5.09. The molecule has 0 aromatic carbocycles. The highest BCUT2D eigenvalue weighted by atomic mass is 31.2. The first kappa shape index (κ1) is 65.6. The Morgan fingerprint density at radius 2 is 0.797 bits per heavy atom. The molecule has 0 heterocycles. The zero-order chi connectivity index (χ0) is 50.5. The minimum absolute atomic E-state index is 0.00953. The van der Waals surface area contributed by atoms with Crippen molar-refractivity contribution >= 4 is 13.8 Å². The Morgan fingerprint density at radius 1 is 0.449 bits per heavy atom. The molecule has 0 rings (SSSR count). The summed E-state index contributed by atoms with van der Waals surface area (Å²) in [6, 6.07) is 0. The zero-order valence-electron chi connectivity index (χ0n) is 44.5. The van der Waals surface area contributed by atoms with Crippen LogP contribution in [0.1, 0.15) is 181 Å². The Morgan fingerprint density at radius 3 is 1.19 bits per heavy atom. The van der Waals surface area contributed by atoms with Crippen molar-refractivity contribution in [3.63, 3.8) is 0 Å². The van der Waals surface area contributed by atoms with Gasteiger partial charge in [0.1, 0.15) is 19.3 Å². The number of quaternary nitrogens is 1. The normalized spacial score (nSPS) is 14.6. The molecular formula is C60H100NO7P. The van der Waals surface area contributed by atoms with Gasteiger partial charge < -0.3 is 27.9 Å². The molecule has 0 radical (unpaired) electrons. The summed E-state index contributed by atoms with van der Waals surface area (Å²) in [4.78, 5) is 25.2. The van der Waals surface area contributed by atoms with Crippen LogP contribution in [0.5, 0.6) is 0 Å².